The van der Waals surface area contributed by atoms with Gasteiger partial charge in [0.1, 0.15) is 6.26 Å². The molecular formula is C15H17N3O3S. The van der Waals surface area contributed by atoms with E-state index < -0.39 is 0 Å². The van der Waals surface area contributed by atoms with E-state index in [1.807, 2.05) is 18.7 Å². The molecule has 0 spiro atoms. The van der Waals surface area contributed by atoms with Gasteiger partial charge in [-0.3, -0.25) is 14.9 Å². The number of furan rings is 1. The Morgan fingerprint density at radius 1 is 1.45 bits per heavy atom. The molecule has 3 rings (SSSR count). The number of nitrogens with one attached hydrogen (secondary N) is 1. The third kappa shape index (κ3) is 2.89. The Hall–Kier alpha value is -2.15. The smallest absolute Gasteiger partial charge is 0.260 e. The van der Waals surface area contributed by atoms with Gasteiger partial charge in [0, 0.05) is 23.8 Å². The lowest BCUT2D eigenvalue weighted by Gasteiger charge is -2.27. The maximum Gasteiger partial charge on any atom is 0.260 e. The van der Waals surface area contributed by atoms with Crippen LogP contribution in [-0.4, -0.2) is 28.2 Å². The molecule has 7 heteroatoms. The minimum absolute atomic E-state index is 0.00487. The molecule has 116 valence electrons. The number of hydrogen-bond donors (Lipinski definition) is 1. The van der Waals surface area contributed by atoms with Gasteiger partial charge in [-0.2, -0.15) is 0 Å². The van der Waals surface area contributed by atoms with Crippen LogP contribution < -0.4 is 5.32 Å². The Labute approximate surface area is 132 Å². The van der Waals surface area contributed by atoms with Crippen molar-refractivity contribution < 1.29 is 14.0 Å². The van der Waals surface area contributed by atoms with Crippen LogP contribution in [0.4, 0.5) is 5.13 Å². The lowest BCUT2D eigenvalue weighted by Crippen LogP contribution is -2.37. The first-order valence-electron chi connectivity index (χ1n) is 7.15. The zero-order chi connectivity index (χ0) is 15.7. The molecule has 2 amide bonds. The largest absolute Gasteiger partial charge is 0.472 e. The number of aromatic nitrogens is 1. The van der Waals surface area contributed by atoms with Crippen LogP contribution in [-0.2, 0) is 17.8 Å². The first-order valence-corrected chi connectivity index (χ1v) is 7.97. The number of carbonyl (C=O) groups excluding carboxylic acids is 2. The summed E-state index contributed by atoms with van der Waals surface area (Å²) in [4.78, 5) is 31.4. The number of thiazole rings is 1. The van der Waals surface area contributed by atoms with Gasteiger partial charge in [-0.1, -0.05) is 25.2 Å². The van der Waals surface area contributed by atoms with Crippen molar-refractivity contribution in [2.45, 2.75) is 26.8 Å². The summed E-state index contributed by atoms with van der Waals surface area (Å²) in [6.07, 6.45) is 3.58. The average molecular weight is 319 g/mol. The monoisotopic (exact) mass is 319 g/mol. The van der Waals surface area contributed by atoms with Crippen LogP contribution in [0.5, 0.6) is 0 Å². The molecule has 3 heterocycles. The summed E-state index contributed by atoms with van der Waals surface area (Å²) >= 11 is 1.43. The molecule has 0 radical (unpaired) electrons. The molecule has 0 bridgehead atoms. The first-order chi connectivity index (χ1) is 10.5. The third-order valence-corrected chi connectivity index (χ3v) is 4.54. The second-order valence-corrected chi connectivity index (χ2v) is 6.60. The minimum atomic E-state index is -0.241. The van der Waals surface area contributed by atoms with Crippen molar-refractivity contribution in [3.8, 4) is 0 Å². The number of fused-ring (bicyclic) bond motifs is 1. The van der Waals surface area contributed by atoms with Crippen LogP contribution in [0, 0.1) is 5.92 Å². The minimum Gasteiger partial charge on any atom is -0.472 e. The van der Waals surface area contributed by atoms with Gasteiger partial charge >= 0.3 is 0 Å². The Morgan fingerprint density at radius 2 is 2.27 bits per heavy atom. The molecule has 0 saturated heterocycles. The summed E-state index contributed by atoms with van der Waals surface area (Å²) in [5.41, 5.74) is 1.44. The van der Waals surface area contributed by atoms with Crippen LogP contribution >= 0.6 is 11.3 Å². The molecule has 0 unspecified atom stereocenters. The van der Waals surface area contributed by atoms with Crippen LogP contribution in [0.1, 0.15) is 34.8 Å². The number of hydrogen-bond acceptors (Lipinski definition) is 5. The highest BCUT2D eigenvalue weighted by Gasteiger charge is 2.25. The molecule has 2 aromatic rings. The third-order valence-electron chi connectivity index (χ3n) is 3.54. The van der Waals surface area contributed by atoms with Crippen molar-refractivity contribution in [1.29, 1.82) is 0 Å². The van der Waals surface area contributed by atoms with Crippen molar-refractivity contribution in [2.24, 2.45) is 5.92 Å². The Kier molecular flexibility index (Phi) is 3.98. The molecular weight excluding hydrogens is 302 g/mol. The fraction of sp³-hybridized carbons (Fsp3) is 0.400. The molecule has 0 aromatic carbocycles. The van der Waals surface area contributed by atoms with E-state index in [2.05, 4.69) is 10.3 Å². The SMILES string of the molecule is CC(C)C(=O)N1CCc2nc(NC(=O)c3ccoc3)sc2C1. The van der Waals surface area contributed by atoms with E-state index in [0.717, 1.165) is 17.0 Å². The maximum absolute atomic E-state index is 12.1. The summed E-state index contributed by atoms with van der Waals surface area (Å²) in [5, 5.41) is 3.34. The highest BCUT2D eigenvalue weighted by Crippen LogP contribution is 2.29. The fourth-order valence-electron chi connectivity index (χ4n) is 2.37. The number of anilines is 1. The molecule has 0 atom stereocenters. The molecule has 1 aliphatic rings. The highest BCUT2D eigenvalue weighted by atomic mass is 32.1. The molecule has 2 aromatic heterocycles. The molecule has 0 fully saturated rings. The number of carbonyl (C=O) groups is 2. The zero-order valence-electron chi connectivity index (χ0n) is 12.5. The number of nitrogens with zero attached hydrogens (tertiary/aromatic N) is 2. The lowest BCUT2D eigenvalue weighted by atomic mass is 10.1. The quantitative estimate of drug-likeness (QED) is 0.943. The average Bonchev–Trinajstić information content (AvgIpc) is 3.14. The maximum atomic E-state index is 12.1. The van der Waals surface area contributed by atoms with E-state index in [1.165, 1.54) is 23.9 Å². The Bertz CT molecular complexity index is 691. The van der Waals surface area contributed by atoms with Gasteiger partial charge in [0.2, 0.25) is 5.91 Å². The van der Waals surface area contributed by atoms with Crippen LogP contribution in [0.25, 0.3) is 0 Å². The molecule has 6 nitrogen and oxygen atoms in total. The predicted molar refractivity (Wildman–Crippen MR) is 82.7 cm³/mol. The van der Waals surface area contributed by atoms with Gasteiger partial charge in [-0.15, -0.1) is 0 Å². The van der Waals surface area contributed by atoms with E-state index in [9.17, 15) is 9.59 Å². The van der Waals surface area contributed by atoms with Crippen LogP contribution in [0.15, 0.2) is 23.0 Å². The first kappa shape index (κ1) is 14.8. The van der Waals surface area contributed by atoms with E-state index in [4.69, 9.17) is 4.42 Å². The van der Waals surface area contributed by atoms with Crippen LogP contribution in [0.2, 0.25) is 0 Å². The van der Waals surface area contributed by atoms with Crippen molar-refractivity contribution in [1.82, 2.24) is 9.88 Å². The summed E-state index contributed by atoms with van der Waals surface area (Å²) in [6, 6.07) is 1.60. The Morgan fingerprint density at radius 3 is 2.95 bits per heavy atom. The molecule has 0 aliphatic carbocycles. The van der Waals surface area contributed by atoms with Gasteiger partial charge in [-0.25, -0.2) is 4.98 Å². The highest BCUT2D eigenvalue weighted by molar-refractivity contribution is 7.15. The normalized spacial score (nSPS) is 14.0. The molecule has 1 aliphatic heterocycles. The summed E-state index contributed by atoms with van der Waals surface area (Å²) in [5.74, 6) is -0.0901. The fourth-order valence-corrected chi connectivity index (χ4v) is 3.38. The van der Waals surface area contributed by atoms with Crippen LogP contribution in [0.3, 0.4) is 0 Å². The van der Waals surface area contributed by atoms with Gasteiger partial charge in [0.05, 0.1) is 24.1 Å². The van der Waals surface area contributed by atoms with Crippen molar-refractivity contribution >= 4 is 28.3 Å². The van der Waals surface area contributed by atoms with E-state index in [1.54, 1.807) is 6.07 Å². The van der Waals surface area contributed by atoms with Gasteiger partial charge in [0.15, 0.2) is 5.13 Å². The zero-order valence-corrected chi connectivity index (χ0v) is 13.3. The van der Waals surface area contributed by atoms with Gasteiger partial charge in [-0.05, 0) is 6.07 Å². The topological polar surface area (TPSA) is 75.4 Å². The standard InChI is InChI=1S/C15H17N3O3S/c1-9(2)14(20)18-5-3-11-12(7-18)22-15(16-11)17-13(19)10-4-6-21-8-10/h4,6,8-9H,3,5,7H2,1-2H3,(H,16,17,19). The van der Waals surface area contributed by atoms with E-state index in [0.29, 0.717) is 23.8 Å². The van der Waals surface area contributed by atoms with Gasteiger partial charge in [0.25, 0.3) is 5.91 Å². The van der Waals surface area contributed by atoms with Crippen molar-refractivity contribution in [2.75, 3.05) is 11.9 Å². The van der Waals surface area contributed by atoms with Gasteiger partial charge < -0.3 is 9.32 Å². The molecule has 1 N–H and O–H groups in total. The second-order valence-electron chi connectivity index (χ2n) is 5.52. The second kappa shape index (κ2) is 5.92. The molecule has 22 heavy (non-hydrogen) atoms. The van der Waals surface area contributed by atoms with E-state index >= 15 is 0 Å². The number of amides is 2. The number of rotatable bonds is 3. The molecule has 0 saturated carbocycles. The lowest BCUT2D eigenvalue weighted by molar-refractivity contribution is -0.135. The van der Waals surface area contributed by atoms with Crippen molar-refractivity contribution in [3.05, 3.63) is 34.7 Å². The summed E-state index contributed by atoms with van der Waals surface area (Å²) < 4.78 is 4.90. The summed E-state index contributed by atoms with van der Waals surface area (Å²) in [6.45, 7) is 5.07. The Balaban J connectivity index is 1.71. The van der Waals surface area contributed by atoms with E-state index in [-0.39, 0.29) is 17.7 Å². The predicted octanol–water partition coefficient (Wildman–Crippen LogP) is 2.53. The summed E-state index contributed by atoms with van der Waals surface area (Å²) in [7, 11) is 0. The van der Waals surface area contributed by atoms with Crippen molar-refractivity contribution in [3.63, 3.8) is 0 Å².